The van der Waals surface area contributed by atoms with E-state index >= 15 is 0 Å². The lowest BCUT2D eigenvalue weighted by Gasteiger charge is -2.04. The number of hydrogen-bond acceptors (Lipinski definition) is 1. The first-order chi connectivity index (χ1) is 5.92. The van der Waals surface area contributed by atoms with Crippen LogP contribution in [-0.4, -0.2) is 12.8 Å². The summed E-state index contributed by atoms with van der Waals surface area (Å²) in [5.41, 5.74) is 1.39. The molecule has 0 bridgehead atoms. The van der Waals surface area contributed by atoms with E-state index < -0.39 is 0 Å². The maximum Gasteiger partial charge on any atom is 0.122 e. The van der Waals surface area contributed by atoms with Crippen molar-refractivity contribution in [2.45, 2.75) is 12.3 Å². The highest BCUT2D eigenvalue weighted by molar-refractivity contribution is 7.16. The molecule has 0 amide bonds. The van der Waals surface area contributed by atoms with E-state index in [4.69, 9.17) is 4.74 Å². The third-order valence-electron chi connectivity index (χ3n) is 2.31. The second-order valence-electron chi connectivity index (χ2n) is 3.12. The van der Waals surface area contributed by atoms with E-state index in [0.29, 0.717) is 5.92 Å². The molecule has 0 aromatic heterocycles. The van der Waals surface area contributed by atoms with Crippen LogP contribution in [0.3, 0.4) is 0 Å². The minimum atomic E-state index is 0.624. The molecular weight excluding hydrogens is 167 g/mol. The van der Waals surface area contributed by atoms with Crippen molar-refractivity contribution in [1.82, 2.24) is 0 Å². The fraction of sp³-hybridized carbons (Fsp3) is 0.400. The average molecular weight is 180 g/mol. The van der Waals surface area contributed by atoms with Crippen LogP contribution in [0.1, 0.15) is 17.9 Å². The normalized spacial score (nSPS) is 20.2. The molecule has 2 atom stereocenters. The standard InChI is InChI=1S/C10H13OP/c12-6-5-8-7-11-10-4-2-1-3-9(8)10/h1-4,8H,5-7,12H2. The summed E-state index contributed by atoms with van der Waals surface area (Å²) in [7, 11) is 2.77. The number of para-hydroxylation sites is 1. The molecule has 0 saturated heterocycles. The molecule has 0 N–H and O–H groups in total. The zero-order valence-electron chi connectivity index (χ0n) is 6.99. The van der Waals surface area contributed by atoms with E-state index in [1.165, 1.54) is 12.0 Å². The van der Waals surface area contributed by atoms with E-state index in [2.05, 4.69) is 27.4 Å². The first kappa shape index (κ1) is 8.07. The Hall–Kier alpha value is -0.550. The van der Waals surface area contributed by atoms with Crippen LogP contribution in [0.5, 0.6) is 5.75 Å². The summed E-state index contributed by atoms with van der Waals surface area (Å²) in [5, 5.41) is 0. The highest BCUT2D eigenvalue weighted by Gasteiger charge is 2.21. The van der Waals surface area contributed by atoms with Crippen LogP contribution in [0.4, 0.5) is 0 Å². The molecule has 2 rings (SSSR count). The molecule has 2 heteroatoms. The SMILES string of the molecule is PCCC1COc2ccccc21. The Kier molecular flexibility index (Phi) is 2.32. The molecule has 12 heavy (non-hydrogen) atoms. The van der Waals surface area contributed by atoms with E-state index in [9.17, 15) is 0 Å². The molecule has 1 nitrogen and oxygen atoms in total. The third-order valence-corrected chi connectivity index (χ3v) is 2.65. The first-order valence-corrected chi connectivity index (χ1v) is 5.15. The molecular formula is C10H13OP. The van der Waals surface area contributed by atoms with Crippen molar-refractivity contribution in [3.05, 3.63) is 29.8 Å². The predicted octanol–water partition coefficient (Wildman–Crippen LogP) is 2.43. The zero-order valence-corrected chi connectivity index (χ0v) is 8.15. The van der Waals surface area contributed by atoms with E-state index in [1.54, 1.807) is 0 Å². The van der Waals surface area contributed by atoms with Gasteiger partial charge >= 0.3 is 0 Å². The third kappa shape index (κ3) is 1.34. The van der Waals surface area contributed by atoms with Gasteiger partial charge in [0.1, 0.15) is 5.75 Å². The zero-order chi connectivity index (χ0) is 8.39. The van der Waals surface area contributed by atoms with Crippen LogP contribution in [0.15, 0.2) is 24.3 Å². The molecule has 0 spiro atoms. The Morgan fingerprint density at radius 3 is 3.08 bits per heavy atom. The fourth-order valence-electron chi connectivity index (χ4n) is 1.67. The summed E-state index contributed by atoms with van der Waals surface area (Å²) in [6.07, 6.45) is 2.37. The number of rotatable bonds is 2. The summed E-state index contributed by atoms with van der Waals surface area (Å²) in [6.45, 7) is 0.869. The van der Waals surface area contributed by atoms with Crippen molar-refractivity contribution < 1.29 is 4.74 Å². The quantitative estimate of drug-likeness (QED) is 0.635. The van der Waals surface area contributed by atoms with E-state index in [1.807, 2.05) is 6.07 Å². The lowest BCUT2D eigenvalue weighted by Crippen LogP contribution is -2.00. The minimum Gasteiger partial charge on any atom is -0.493 e. The Labute approximate surface area is 75.3 Å². The van der Waals surface area contributed by atoms with Gasteiger partial charge in [0.25, 0.3) is 0 Å². The Balaban J connectivity index is 2.24. The maximum atomic E-state index is 5.55. The molecule has 1 aromatic rings. The van der Waals surface area contributed by atoms with Crippen molar-refractivity contribution in [1.29, 1.82) is 0 Å². The maximum absolute atomic E-state index is 5.55. The van der Waals surface area contributed by atoms with Crippen LogP contribution < -0.4 is 4.74 Å². The fourth-order valence-corrected chi connectivity index (χ4v) is 2.07. The molecule has 1 heterocycles. The van der Waals surface area contributed by atoms with Gasteiger partial charge in [0.15, 0.2) is 0 Å². The monoisotopic (exact) mass is 180 g/mol. The molecule has 1 aliphatic heterocycles. The van der Waals surface area contributed by atoms with E-state index in [-0.39, 0.29) is 0 Å². The van der Waals surface area contributed by atoms with Gasteiger partial charge in [-0.1, -0.05) is 18.2 Å². The second-order valence-corrected chi connectivity index (χ2v) is 3.70. The number of benzene rings is 1. The van der Waals surface area contributed by atoms with Crippen molar-refractivity contribution in [2.24, 2.45) is 0 Å². The van der Waals surface area contributed by atoms with Gasteiger partial charge in [-0.2, -0.15) is 0 Å². The number of hydrogen-bond donors (Lipinski definition) is 0. The minimum absolute atomic E-state index is 0.624. The van der Waals surface area contributed by atoms with Crippen LogP contribution >= 0.6 is 9.24 Å². The number of fused-ring (bicyclic) bond motifs is 1. The topological polar surface area (TPSA) is 9.23 Å². The van der Waals surface area contributed by atoms with Crippen molar-refractivity contribution >= 4 is 9.24 Å². The smallest absolute Gasteiger partial charge is 0.122 e. The largest absolute Gasteiger partial charge is 0.493 e. The van der Waals surface area contributed by atoms with Crippen LogP contribution in [0, 0.1) is 0 Å². The molecule has 0 saturated carbocycles. The van der Waals surface area contributed by atoms with Gasteiger partial charge in [-0.15, -0.1) is 9.24 Å². The molecule has 0 aliphatic carbocycles. The molecule has 1 aliphatic rings. The van der Waals surface area contributed by atoms with Crippen molar-refractivity contribution in [2.75, 3.05) is 12.8 Å². The van der Waals surface area contributed by atoms with Gasteiger partial charge in [-0.05, 0) is 18.6 Å². The highest BCUT2D eigenvalue weighted by Crippen LogP contribution is 2.35. The average Bonchev–Trinajstić information content (AvgIpc) is 2.50. The second kappa shape index (κ2) is 3.45. The Morgan fingerprint density at radius 2 is 2.25 bits per heavy atom. The van der Waals surface area contributed by atoms with Gasteiger partial charge in [-0.3, -0.25) is 0 Å². The molecule has 1 aromatic carbocycles. The van der Waals surface area contributed by atoms with Gasteiger partial charge in [0, 0.05) is 11.5 Å². The van der Waals surface area contributed by atoms with Crippen LogP contribution in [0.25, 0.3) is 0 Å². The van der Waals surface area contributed by atoms with Gasteiger partial charge in [0.2, 0.25) is 0 Å². The first-order valence-electron chi connectivity index (χ1n) is 4.33. The summed E-state index contributed by atoms with van der Waals surface area (Å²) < 4.78 is 5.55. The Morgan fingerprint density at radius 1 is 1.42 bits per heavy atom. The molecule has 64 valence electrons. The molecule has 0 fully saturated rings. The predicted molar refractivity (Wildman–Crippen MR) is 53.9 cm³/mol. The van der Waals surface area contributed by atoms with Gasteiger partial charge in [0.05, 0.1) is 6.61 Å². The lowest BCUT2D eigenvalue weighted by atomic mass is 9.99. The lowest BCUT2D eigenvalue weighted by molar-refractivity contribution is 0.329. The summed E-state index contributed by atoms with van der Waals surface area (Å²) >= 11 is 0. The summed E-state index contributed by atoms with van der Waals surface area (Å²) in [5.74, 6) is 1.71. The van der Waals surface area contributed by atoms with Crippen molar-refractivity contribution in [3.8, 4) is 5.75 Å². The number of ether oxygens (including phenoxy) is 1. The van der Waals surface area contributed by atoms with Crippen LogP contribution in [0.2, 0.25) is 0 Å². The highest BCUT2D eigenvalue weighted by atomic mass is 31.0. The Bertz CT molecular complexity index is 270. The summed E-state index contributed by atoms with van der Waals surface area (Å²) in [4.78, 5) is 0. The summed E-state index contributed by atoms with van der Waals surface area (Å²) in [6, 6.07) is 8.34. The van der Waals surface area contributed by atoms with E-state index in [0.717, 1.165) is 18.5 Å². The molecule has 2 unspecified atom stereocenters. The van der Waals surface area contributed by atoms with Crippen molar-refractivity contribution in [3.63, 3.8) is 0 Å². The van der Waals surface area contributed by atoms with Gasteiger partial charge in [-0.25, -0.2) is 0 Å². The van der Waals surface area contributed by atoms with Gasteiger partial charge < -0.3 is 4.74 Å². The molecule has 0 radical (unpaired) electrons. The van der Waals surface area contributed by atoms with Crippen LogP contribution in [-0.2, 0) is 0 Å².